The van der Waals surface area contributed by atoms with Crippen LogP contribution < -0.4 is 0 Å². The number of ether oxygens (including phenoxy) is 2. The zero-order valence-corrected chi connectivity index (χ0v) is 7.67. The Balaban J connectivity index is 2.44. The van der Waals surface area contributed by atoms with Crippen LogP contribution in [-0.4, -0.2) is 26.4 Å². The number of methoxy groups -OCH3 is 1. The van der Waals surface area contributed by atoms with Crippen molar-refractivity contribution in [2.24, 2.45) is 11.8 Å². The van der Waals surface area contributed by atoms with Gasteiger partial charge in [-0.15, -0.1) is 0 Å². The molecule has 0 aliphatic carbocycles. The van der Waals surface area contributed by atoms with E-state index in [1.54, 1.807) is 7.11 Å². The molecular formula is C9H18O2. The summed E-state index contributed by atoms with van der Waals surface area (Å²) < 4.78 is 10.7. The topological polar surface area (TPSA) is 18.5 Å². The second-order valence-electron chi connectivity index (χ2n) is 3.55. The summed E-state index contributed by atoms with van der Waals surface area (Å²) in [7, 11) is 1.77. The summed E-state index contributed by atoms with van der Waals surface area (Å²) in [6, 6.07) is 0. The Morgan fingerprint density at radius 1 is 1.45 bits per heavy atom. The normalized spacial score (nSPS) is 32.7. The molecule has 1 saturated heterocycles. The average molecular weight is 158 g/mol. The second-order valence-corrected chi connectivity index (χ2v) is 3.55. The molecule has 2 nitrogen and oxygen atoms in total. The maximum Gasteiger partial charge on any atom is 0.0836 e. The van der Waals surface area contributed by atoms with Crippen LogP contribution in [0.1, 0.15) is 20.3 Å². The van der Waals surface area contributed by atoms with E-state index in [-0.39, 0.29) is 0 Å². The van der Waals surface area contributed by atoms with Crippen LogP contribution in [0.3, 0.4) is 0 Å². The van der Waals surface area contributed by atoms with E-state index in [1.807, 2.05) is 0 Å². The van der Waals surface area contributed by atoms with Gasteiger partial charge in [0.2, 0.25) is 0 Å². The summed E-state index contributed by atoms with van der Waals surface area (Å²) in [5.74, 6) is 1.40. The van der Waals surface area contributed by atoms with Gasteiger partial charge in [-0.25, -0.2) is 0 Å². The van der Waals surface area contributed by atoms with Crippen molar-refractivity contribution < 1.29 is 9.47 Å². The molecular weight excluding hydrogens is 140 g/mol. The fraction of sp³-hybridized carbons (Fsp3) is 1.00. The monoisotopic (exact) mass is 158 g/mol. The molecule has 1 aliphatic heterocycles. The van der Waals surface area contributed by atoms with Gasteiger partial charge in [0.1, 0.15) is 0 Å². The minimum atomic E-state index is 0.323. The summed E-state index contributed by atoms with van der Waals surface area (Å²) in [6.07, 6.45) is 1.47. The summed E-state index contributed by atoms with van der Waals surface area (Å²) in [6.45, 7) is 6.19. The van der Waals surface area contributed by atoms with Crippen molar-refractivity contribution in [3.05, 3.63) is 0 Å². The molecule has 0 aromatic heterocycles. The van der Waals surface area contributed by atoms with Gasteiger partial charge in [-0.1, -0.05) is 13.8 Å². The van der Waals surface area contributed by atoms with E-state index in [4.69, 9.17) is 9.47 Å². The molecule has 0 amide bonds. The summed E-state index contributed by atoms with van der Waals surface area (Å²) in [5.41, 5.74) is 0. The summed E-state index contributed by atoms with van der Waals surface area (Å²) in [4.78, 5) is 0. The Kier molecular flexibility index (Phi) is 3.34. The predicted octanol–water partition coefficient (Wildman–Crippen LogP) is 1.69. The van der Waals surface area contributed by atoms with Crippen LogP contribution in [-0.2, 0) is 9.47 Å². The molecule has 1 aliphatic rings. The molecule has 0 N–H and O–H groups in total. The summed E-state index contributed by atoms with van der Waals surface area (Å²) >= 11 is 0. The SMILES string of the molecule is CO[C@H]1COCC[C@@H]1C(C)C. The van der Waals surface area contributed by atoms with E-state index in [0.29, 0.717) is 17.9 Å². The third-order valence-electron chi connectivity index (χ3n) is 2.51. The smallest absolute Gasteiger partial charge is 0.0836 e. The first-order valence-electron chi connectivity index (χ1n) is 4.36. The second kappa shape index (κ2) is 4.07. The highest BCUT2D eigenvalue weighted by molar-refractivity contribution is 4.76. The number of rotatable bonds is 2. The molecule has 11 heavy (non-hydrogen) atoms. The van der Waals surface area contributed by atoms with E-state index in [9.17, 15) is 0 Å². The van der Waals surface area contributed by atoms with Crippen LogP contribution in [0.2, 0.25) is 0 Å². The molecule has 66 valence electrons. The molecule has 0 spiro atoms. The Morgan fingerprint density at radius 2 is 2.18 bits per heavy atom. The van der Waals surface area contributed by atoms with Crippen molar-refractivity contribution in [2.45, 2.75) is 26.4 Å². The van der Waals surface area contributed by atoms with Gasteiger partial charge in [0.15, 0.2) is 0 Å². The molecule has 1 heterocycles. The minimum Gasteiger partial charge on any atom is -0.379 e. The molecule has 0 saturated carbocycles. The van der Waals surface area contributed by atoms with Gasteiger partial charge in [-0.3, -0.25) is 0 Å². The van der Waals surface area contributed by atoms with Crippen LogP contribution in [0.4, 0.5) is 0 Å². The molecule has 1 rings (SSSR count). The Morgan fingerprint density at radius 3 is 2.64 bits per heavy atom. The van der Waals surface area contributed by atoms with Crippen molar-refractivity contribution in [3.63, 3.8) is 0 Å². The number of hydrogen-bond acceptors (Lipinski definition) is 2. The van der Waals surface area contributed by atoms with Crippen LogP contribution >= 0.6 is 0 Å². The van der Waals surface area contributed by atoms with Gasteiger partial charge >= 0.3 is 0 Å². The van der Waals surface area contributed by atoms with Crippen molar-refractivity contribution in [1.29, 1.82) is 0 Å². The van der Waals surface area contributed by atoms with Crippen LogP contribution in [0.15, 0.2) is 0 Å². The first-order valence-corrected chi connectivity index (χ1v) is 4.36. The van der Waals surface area contributed by atoms with E-state index in [0.717, 1.165) is 19.6 Å². The largest absolute Gasteiger partial charge is 0.379 e. The van der Waals surface area contributed by atoms with Gasteiger partial charge in [-0.05, 0) is 18.3 Å². The van der Waals surface area contributed by atoms with Crippen molar-refractivity contribution in [3.8, 4) is 0 Å². The third-order valence-corrected chi connectivity index (χ3v) is 2.51. The van der Waals surface area contributed by atoms with E-state index in [2.05, 4.69) is 13.8 Å². The van der Waals surface area contributed by atoms with Gasteiger partial charge in [0.05, 0.1) is 12.7 Å². The lowest BCUT2D eigenvalue weighted by Gasteiger charge is -2.32. The minimum absolute atomic E-state index is 0.323. The Labute approximate surface area is 68.9 Å². The summed E-state index contributed by atoms with van der Waals surface area (Å²) in [5, 5.41) is 0. The lowest BCUT2D eigenvalue weighted by Crippen LogP contribution is -2.36. The predicted molar refractivity (Wildman–Crippen MR) is 44.6 cm³/mol. The van der Waals surface area contributed by atoms with Gasteiger partial charge < -0.3 is 9.47 Å². The fourth-order valence-corrected chi connectivity index (χ4v) is 1.73. The van der Waals surface area contributed by atoms with E-state index in [1.165, 1.54) is 0 Å². The molecule has 0 aromatic carbocycles. The Bertz CT molecular complexity index is 112. The highest BCUT2D eigenvalue weighted by Gasteiger charge is 2.27. The molecule has 0 aromatic rings. The van der Waals surface area contributed by atoms with E-state index < -0.39 is 0 Å². The molecule has 2 atom stereocenters. The lowest BCUT2D eigenvalue weighted by atomic mass is 9.86. The highest BCUT2D eigenvalue weighted by Crippen LogP contribution is 2.25. The van der Waals surface area contributed by atoms with E-state index >= 15 is 0 Å². The van der Waals surface area contributed by atoms with Gasteiger partial charge in [0.25, 0.3) is 0 Å². The maximum absolute atomic E-state index is 5.34. The van der Waals surface area contributed by atoms with Crippen LogP contribution in [0.5, 0.6) is 0 Å². The average Bonchev–Trinajstić information content (AvgIpc) is 2.04. The van der Waals surface area contributed by atoms with Gasteiger partial charge in [0, 0.05) is 13.7 Å². The van der Waals surface area contributed by atoms with Gasteiger partial charge in [-0.2, -0.15) is 0 Å². The standard InChI is InChI=1S/C9H18O2/c1-7(2)8-4-5-11-6-9(8)10-3/h7-9H,4-6H2,1-3H3/t8-,9+/m1/s1. The Hall–Kier alpha value is -0.0800. The molecule has 0 unspecified atom stereocenters. The molecule has 1 fully saturated rings. The molecule has 0 bridgehead atoms. The maximum atomic E-state index is 5.34. The zero-order chi connectivity index (χ0) is 8.27. The van der Waals surface area contributed by atoms with Crippen molar-refractivity contribution in [2.75, 3.05) is 20.3 Å². The molecule has 0 radical (unpaired) electrons. The molecule has 2 heteroatoms. The fourth-order valence-electron chi connectivity index (χ4n) is 1.73. The quantitative estimate of drug-likeness (QED) is 0.609. The van der Waals surface area contributed by atoms with Crippen LogP contribution in [0.25, 0.3) is 0 Å². The van der Waals surface area contributed by atoms with Crippen LogP contribution in [0, 0.1) is 11.8 Å². The highest BCUT2D eigenvalue weighted by atomic mass is 16.5. The van der Waals surface area contributed by atoms with Crippen molar-refractivity contribution in [1.82, 2.24) is 0 Å². The first-order chi connectivity index (χ1) is 5.25. The first kappa shape index (κ1) is 9.01. The lowest BCUT2D eigenvalue weighted by molar-refractivity contribution is -0.0775. The third kappa shape index (κ3) is 2.17. The number of hydrogen-bond donors (Lipinski definition) is 0. The zero-order valence-electron chi connectivity index (χ0n) is 7.67. The van der Waals surface area contributed by atoms with Crippen molar-refractivity contribution >= 4 is 0 Å².